The molecule has 98 valence electrons. The van der Waals surface area contributed by atoms with Crippen molar-refractivity contribution in [1.29, 1.82) is 0 Å². The largest absolute Gasteiger partial charge is 0.336 e. The highest BCUT2D eigenvalue weighted by atomic mass is 79.9. The van der Waals surface area contributed by atoms with Gasteiger partial charge in [0, 0.05) is 28.7 Å². The molecule has 0 atom stereocenters. The van der Waals surface area contributed by atoms with Gasteiger partial charge in [-0.25, -0.2) is 4.98 Å². The minimum Gasteiger partial charge on any atom is -0.336 e. The molecule has 3 nitrogen and oxygen atoms in total. The van der Waals surface area contributed by atoms with Crippen molar-refractivity contribution in [1.82, 2.24) is 9.88 Å². The van der Waals surface area contributed by atoms with Gasteiger partial charge in [0.1, 0.15) is 5.69 Å². The molecule has 0 saturated heterocycles. The summed E-state index contributed by atoms with van der Waals surface area (Å²) < 4.78 is 1.74. The molecule has 5 heteroatoms. The van der Waals surface area contributed by atoms with Gasteiger partial charge >= 0.3 is 0 Å². The molecule has 1 heterocycles. The zero-order valence-corrected chi connectivity index (χ0v) is 13.5. The SMILES string of the molecule is CN(Cc1ccc(Br)cc1)C(=O)c1ncccc1Br. The highest BCUT2D eigenvalue weighted by Crippen LogP contribution is 2.17. The Bertz CT molecular complexity index is 584. The van der Waals surface area contributed by atoms with Crippen LogP contribution in [0.3, 0.4) is 0 Å². The molecule has 0 bridgehead atoms. The average Bonchev–Trinajstić information content (AvgIpc) is 2.41. The molecule has 2 aromatic rings. The molecule has 19 heavy (non-hydrogen) atoms. The Kier molecular flexibility index (Phi) is 4.71. The molecule has 1 aromatic heterocycles. The van der Waals surface area contributed by atoms with E-state index in [1.54, 1.807) is 24.2 Å². The third-order valence-electron chi connectivity index (χ3n) is 2.64. The number of carbonyl (C=O) groups excluding carboxylic acids is 1. The van der Waals surface area contributed by atoms with Crippen molar-refractivity contribution >= 4 is 37.8 Å². The van der Waals surface area contributed by atoms with Crippen molar-refractivity contribution in [3.05, 3.63) is 62.8 Å². The highest BCUT2D eigenvalue weighted by Gasteiger charge is 2.16. The number of halogens is 2. The predicted octanol–water partition coefficient (Wildman–Crippen LogP) is 3.88. The lowest BCUT2D eigenvalue weighted by molar-refractivity contribution is 0.0778. The molecule has 0 saturated carbocycles. The molecule has 0 aliphatic rings. The number of pyridine rings is 1. The molecule has 1 amide bonds. The molecule has 0 aliphatic heterocycles. The summed E-state index contributed by atoms with van der Waals surface area (Å²) in [7, 11) is 1.77. The van der Waals surface area contributed by atoms with Gasteiger partial charge < -0.3 is 4.90 Å². The minimum atomic E-state index is -0.101. The van der Waals surface area contributed by atoms with Crippen LogP contribution in [-0.4, -0.2) is 22.8 Å². The number of benzene rings is 1. The van der Waals surface area contributed by atoms with Crippen LogP contribution >= 0.6 is 31.9 Å². The molecule has 0 spiro atoms. The summed E-state index contributed by atoms with van der Waals surface area (Å²) in [6, 6.07) is 11.5. The van der Waals surface area contributed by atoms with Crippen LogP contribution < -0.4 is 0 Å². The Morgan fingerprint density at radius 3 is 2.53 bits per heavy atom. The number of carbonyl (C=O) groups is 1. The summed E-state index contributed by atoms with van der Waals surface area (Å²) in [6.45, 7) is 0.551. The van der Waals surface area contributed by atoms with E-state index in [4.69, 9.17) is 0 Å². The number of hydrogen-bond acceptors (Lipinski definition) is 2. The maximum Gasteiger partial charge on any atom is 0.273 e. The Balaban J connectivity index is 2.12. The predicted molar refractivity (Wildman–Crippen MR) is 81.9 cm³/mol. The third kappa shape index (κ3) is 3.64. The monoisotopic (exact) mass is 382 g/mol. The summed E-state index contributed by atoms with van der Waals surface area (Å²) >= 11 is 6.73. The molecule has 0 aliphatic carbocycles. The van der Waals surface area contributed by atoms with E-state index in [1.807, 2.05) is 30.3 Å². The maximum atomic E-state index is 12.3. The first kappa shape index (κ1) is 14.2. The molecule has 0 radical (unpaired) electrons. The summed E-state index contributed by atoms with van der Waals surface area (Å²) in [4.78, 5) is 18.0. The molecule has 2 rings (SSSR count). The van der Waals surface area contributed by atoms with Crippen LogP contribution in [0.25, 0.3) is 0 Å². The van der Waals surface area contributed by atoms with Crippen molar-refractivity contribution in [2.45, 2.75) is 6.54 Å². The first-order valence-electron chi connectivity index (χ1n) is 5.68. The van der Waals surface area contributed by atoms with Crippen LogP contribution in [-0.2, 0) is 6.54 Å². The number of aromatic nitrogens is 1. The first-order valence-corrected chi connectivity index (χ1v) is 7.27. The van der Waals surface area contributed by atoms with Crippen molar-refractivity contribution in [3.63, 3.8) is 0 Å². The number of amides is 1. The van der Waals surface area contributed by atoms with Gasteiger partial charge in [0.2, 0.25) is 0 Å². The zero-order chi connectivity index (χ0) is 13.8. The lowest BCUT2D eigenvalue weighted by Crippen LogP contribution is -2.27. The third-order valence-corrected chi connectivity index (χ3v) is 3.81. The Morgan fingerprint density at radius 1 is 1.21 bits per heavy atom. The van der Waals surface area contributed by atoms with Gasteiger partial charge in [0.25, 0.3) is 5.91 Å². The van der Waals surface area contributed by atoms with E-state index >= 15 is 0 Å². The number of nitrogens with zero attached hydrogens (tertiary/aromatic N) is 2. The standard InChI is InChI=1S/C14H12Br2N2O/c1-18(9-10-4-6-11(15)7-5-10)14(19)13-12(16)3-2-8-17-13/h2-8H,9H2,1H3. The van der Waals surface area contributed by atoms with Crippen molar-refractivity contribution in [2.24, 2.45) is 0 Å². The fraction of sp³-hybridized carbons (Fsp3) is 0.143. The molecule has 0 N–H and O–H groups in total. The molecular formula is C14H12Br2N2O. The first-order chi connectivity index (χ1) is 9.08. The number of hydrogen-bond donors (Lipinski definition) is 0. The van der Waals surface area contributed by atoms with Crippen molar-refractivity contribution in [3.8, 4) is 0 Å². The van der Waals surface area contributed by atoms with Gasteiger partial charge in [-0.05, 0) is 45.8 Å². The van der Waals surface area contributed by atoms with E-state index in [-0.39, 0.29) is 5.91 Å². The second-order valence-electron chi connectivity index (χ2n) is 4.12. The summed E-state index contributed by atoms with van der Waals surface area (Å²) in [5.74, 6) is -0.101. The quantitative estimate of drug-likeness (QED) is 0.805. The van der Waals surface area contributed by atoms with Gasteiger partial charge in [-0.3, -0.25) is 4.79 Å². The fourth-order valence-corrected chi connectivity index (χ4v) is 2.35. The van der Waals surface area contributed by atoms with Crippen LogP contribution in [0.1, 0.15) is 16.1 Å². The van der Waals surface area contributed by atoms with E-state index in [9.17, 15) is 4.79 Å². The van der Waals surface area contributed by atoms with Crippen LogP contribution in [0.2, 0.25) is 0 Å². The lowest BCUT2D eigenvalue weighted by atomic mass is 10.2. The van der Waals surface area contributed by atoms with Gasteiger partial charge in [0.05, 0.1) is 0 Å². The molecule has 1 aromatic carbocycles. The van der Waals surface area contributed by atoms with E-state index in [2.05, 4.69) is 36.8 Å². The molecule has 0 unspecified atom stereocenters. The topological polar surface area (TPSA) is 33.2 Å². The van der Waals surface area contributed by atoms with E-state index in [1.165, 1.54) is 0 Å². The van der Waals surface area contributed by atoms with Crippen LogP contribution in [0, 0.1) is 0 Å². The summed E-state index contributed by atoms with van der Waals surface area (Å²) in [5, 5.41) is 0. The van der Waals surface area contributed by atoms with Gasteiger partial charge in [-0.2, -0.15) is 0 Å². The van der Waals surface area contributed by atoms with Crippen molar-refractivity contribution < 1.29 is 4.79 Å². The van der Waals surface area contributed by atoms with E-state index in [0.29, 0.717) is 16.7 Å². The Hall–Kier alpha value is -1.20. The normalized spacial score (nSPS) is 10.3. The fourth-order valence-electron chi connectivity index (χ4n) is 1.66. The van der Waals surface area contributed by atoms with Crippen molar-refractivity contribution in [2.75, 3.05) is 7.05 Å². The summed E-state index contributed by atoms with van der Waals surface area (Å²) in [6.07, 6.45) is 1.62. The maximum absolute atomic E-state index is 12.3. The highest BCUT2D eigenvalue weighted by molar-refractivity contribution is 9.10. The second kappa shape index (κ2) is 6.30. The van der Waals surface area contributed by atoms with Crippen LogP contribution in [0.15, 0.2) is 51.5 Å². The average molecular weight is 384 g/mol. The second-order valence-corrected chi connectivity index (χ2v) is 5.89. The van der Waals surface area contributed by atoms with E-state index in [0.717, 1.165) is 10.0 Å². The molecule has 0 fully saturated rings. The van der Waals surface area contributed by atoms with Gasteiger partial charge in [0.15, 0.2) is 0 Å². The Morgan fingerprint density at radius 2 is 1.89 bits per heavy atom. The lowest BCUT2D eigenvalue weighted by Gasteiger charge is -2.17. The molecular weight excluding hydrogens is 372 g/mol. The summed E-state index contributed by atoms with van der Waals surface area (Å²) in [5.41, 5.74) is 1.51. The Labute approximate surface area is 128 Å². The van der Waals surface area contributed by atoms with Crippen LogP contribution in [0.4, 0.5) is 0 Å². The van der Waals surface area contributed by atoms with Crippen LogP contribution in [0.5, 0.6) is 0 Å². The minimum absolute atomic E-state index is 0.101. The van der Waals surface area contributed by atoms with E-state index < -0.39 is 0 Å². The smallest absolute Gasteiger partial charge is 0.273 e. The van der Waals surface area contributed by atoms with Gasteiger partial charge in [-0.15, -0.1) is 0 Å². The number of rotatable bonds is 3. The zero-order valence-electron chi connectivity index (χ0n) is 10.3. The van der Waals surface area contributed by atoms with Gasteiger partial charge in [-0.1, -0.05) is 28.1 Å².